The predicted molar refractivity (Wildman–Crippen MR) is 66.3 cm³/mol. The molecule has 0 saturated heterocycles. The van der Waals surface area contributed by atoms with Gasteiger partial charge in [-0.1, -0.05) is 26.0 Å². The van der Waals surface area contributed by atoms with Crippen LogP contribution in [0.4, 0.5) is 0 Å². The zero-order chi connectivity index (χ0) is 12.1. The third-order valence-corrected chi connectivity index (χ3v) is 4.45. The smallest absolute Gasteiger partial charge is 0.0882 e. The van der Waals surface area contributed by atoms with E-state index in [0.717, 1.165) is 6.42 Å². The van der Waals surface area contributed by atoms with E-state index < -0.39 is 0 Å². The van der Waals surface area contributed by atoms with Gasteiger partial charge in [-0.25, -0.2) is 0 Å². The Labute approximate surface area is 98.1 Å². The van der Waals surface area contributed by atoms with Crippen LogP contribution in [0.15, 0.2) is 12.1 Å². The van der Waals surface area contributed by atoms with Gasteiger partial charge in [0.05, 0.1) is 11.5 Å². The molecule has 1 heteroatoms. The zero-order valence-corrected chi connectivity index (χ0v) is 10.8. The Morgan fingerprint density at radius 1 is 1.12 bits per heavy atom. The van der Waals surface area contributed by atoms with Crippen molar-refractivity contribution < 1.29 is 0 Å². The van der Waals surface area contributed by atoms with Crippen molar-refractivity contribution in [1.29, 1.82) is 5.26 Å². The van der Waals surface area contributed by atoms with Gasteiger partial charge in [-0.3, -0.25) is 0 Å². The first-order chi connectivity index (χ1) is 7.35. The second-order valence-corrected chi connectivity index (χ2v) is 5.76. The lowest BCUT2D eigenvalue weighted by Crippen LogP contribution is -2.14. The average Bonchev–Trinajstić information content (AvgIpc) is 2.79. The molecule has 0 aromatic heterocycles. The molecular formula is C15H19N. The van der Waals surface area contributed by atoms with E-state index in [1.807, 2.05) is 0 Å². The first-order valence-corrected chi connectivity index (χ1v) is 5.84. The topological polar surface area (TPSA) is 23.8 Å². The van der Waals surface area contributed by atoms with Crippen LogP contribution < -0.4 is 0 Å². The molecule has 0 spiro atoms. The number of rotatable bonds is 1. The molecule has 1 unspecified atom stereocenters. The summed E-state index contributed by atoms with van der Waals surface area (Å²) in [6, 6.07) is 6.84. The molecule has 1 aliphatic carbocycles. The van der Waals surface area contributed by atoms with Crippen molar-refractivity contribution in [3.63, 3.8) is 0 Å². The molecule has 16 heavy (non-hydrogen) atoms. The van der Waals surface area contributed by atoms with E-state index in [-0.39, 0.29) is 10.8 Å². The van der Waals surface area contributed by atoms with Gasteiger partial charge in [0.1, 0.15) is 0 Å². The molecule has 0 radical (unpaired) electrons. The third kappa shape index (κ3) is 1.23. The number of nitrogens with zero attached hydrogens (tertiary/aromatic N) is 1. The zero-order valence-electron chi connectivity index (χ0n) is 10.8. The second-order valence-electron chi connectivity index (χ2n) is 5.76. The van der Waals surface area contributed by atoms with E-state index >= 15 is 0 Å². The predicted octanol–water partition coefficient (Wildman–Crippen LogP) is 3.80. The van der Waals surface area contributed by atoms with Crippen LogP contribution in [-0.2, 0) is 5.41 Å². The first-order valence-electron chi connectivity index (χ1n) is 5.84. The summed E-state index contributed by atoms with van der Waals surface area (Å²) in [5.74, 6) is 0. The molecule has 84 valence electrons. The minimum Gasteiger partial charge on any atom is -0.197 e. The minimum atomic E-state index is -0.241. The number of hydrogen-bond acceptors (Lipinski definition) is 1. The molecule has 0 bridgehead atoms. The van der Waals surface area contributed by atoms with Gasteiger partial charge in [0, 0.05) is 0 Å². The van der Waals surface area contributed by atoms with Gasteiger partial charge in [0.25, 0.3) is 0 Å². The summed E-state index contributed by atoms with van der Waals surface area (Å²) in [5.41, 5.74) is 5.07. The quantitative estimate of drug-likeness (QED) is 0.696. The lowest BCUT2D eigenvalue weighted by atomic mass is 9.84. The largest absolute Gasteiger partial charge is 0.197 e. The highest BCUT2D eigenvalue weighted by Gasteiger charge is 2.63. The van der Waals surface area contributed by atoms with Crippen LogP contribution in [0, 0.1) is 37.5 Å². The second kappa shape index (κ2) is 3.10. The van der Waals surface area contributed by atoms with Crippen molar-refractivity contribution in [1.82, 2.24) is 0 Å². The average molecular weight is 213 g/mol. The molecule has 1 aromatic carbocycles. The summed E-state index contributed by atoms with van der Waals surface area (Å²) >= 11 is 0. The maximum absolute atomic E-state index is 9.48. The van der Waals surface area contributed by atoms with Gasteiger partial charge < -0.3 is 0 Å². The number of benzene rings is 1. The van der Waals surface area contributed by atoms with E-state index in [2.05, 4.69) is 52.8 Å². The monoisotopic (exact) mass is 213 g/mol. The van der Waals surface area contributed by atoms with Gasteiger partial charge in [-0.15, -0.1) is 0 Å². The fourth-order valence-electron chi connectivity index (χ4n) is 2.75. The van der Waals surface area contributed by atoms with E-state index in [4.69, 9.17) is 0 Å². The summed E-state index contributed by atoms with van der Waals surface area (Å²) in [4.78, 5) is 0. The number of nitriles is 1. The number of aryl methyl sites for hydroxylation is 1. The summed E-state index contributed by atoms with van der Waals surface area (Å²) in [6.07, 6.45) is 0.986. The van der Waals surface area contributed by atoms with Crippen LogP contribution in [0.2, 0.25) is 0 Å². The van der Waals surface area contributed by atoms with Crippen LogP contribution in [0.1, 0.15) is 42.5 Å². The molecular weight excluding hydrogens is 194 g/mol. The summed E-state index contributed by atoms with van der Waals surface area (Å²) in [6.45, 7) is 10.8. The Morgan fingerprint density at radius 3 is 2.12 bits per heavy atom. The molecule has 1 atom stereocenters. The van der Waals surface area contributed by atoms with E-state index in [9.17, 15) is 5.26 Å². The highest BCUT2D eigenvalue weighted by molar-refractivity contribution is 5.52. The molecule has 1 aromatic rings. The van der Waals surface area contributed by atoms with E-state index in [0.29, 0.717) is 0 Å². The van der Waals surface area contributed by atoms with Gasteiger partial charge in [-0.05, 0) is 54.9 Å². The van der Waals surface area contributed by atoms with Crippen LogP contribution in [-0.4, -0.2) is 0 Å². The van der Waals surface area contributed by atoms with Crippen molar-refractivity contribution >= 4 is 0 Å². The number of hydrogen-bond donors (Lipinski definition) is 0. The fraction of sp³-hybridized carbons (Fsp3) is 0.533. The first kappa shape index (κ1) is 11.2. The van der Waals surface area contributed by atoms with Gasteiger partial charge in [0.15, 0.2) is 0 Å². The van der Waals surface area contributed by atoms with E-state index in [1.165, 1.54) is 22.3 Å². The molecule has 0 N–H and O–H groups in total. The normalized spacial score (nSPS) is 26.2. The van der Waals surface area contributed by atoms with Crippen molar-refractivity contribution in [2.45, 2.75) is 46.5 Å². The van der Waals surface area contributed by atoms with Crippen molar-refractivity contribution in [2.75, 3.05) is 0 Å². The van der Waals surface area contributed by atoms with Gasteiger partial charge >= 0.3 is 0 Å². The highest BCUT2D eigenvalue weighted by atomic mass is 14.6. The van der Waals surface area contributed by atoms with E-state index in [1.54, 1.807) is 0 Å². The highest BCUT2D eigenvalue weighted by Crippen LogP contribution is 2.64. The third-order valence-electron chi connectivity index (χ3n) is 4.45. The van der Waals surface area contributed by atoms with Gasteiger partial charge in [-0.2, -0.15) is 5.26 Å². The van der Waals surface area contributed by atoms with Crippen LogP contribution in [0.3, 0.4) is 0 Å². The molecule has 1 fully saturated rings. The Morgan fingerprint density at radius 2 is 1.69 bits per heavy atom. The summed E-state index contributed by atoms with van der Waals surface area (Å²) < 4.78 is 0. The molecule has 0 heterocycles. The van der Waals surface area contributed by atoms with Crippen LogP contribution >= 0.6 is 0 Å². The Kier molecular flexibility index (Phi) is 2.17. The summed E-state index contributed by atoms with van der Waals surface area (Å²) in [5, 5.41) is 9.48. The van der Waals surface area contributed by atoms with Crippen molar-refractivity contribution in [3.05, 3.63) is 34.4 Å². The maximum Gasteiger partial charge on any atom is 0.0882 e. The molecule has 0 amide bonds. The SMILES string of the molecule is Cc1ccc(C2(C#N)CC2(C)C)c(C)c1C. The lowest BCUT2D eigenvalue weighted by molar-refractivity contribution is 0.568. The molecule has 1 nitrogen and oxygen atoms in total. The Hall–Kier alpha value is -1.29. The minimum absolute atomic E-state index is 0.133. The summed E-state index contributed by atoms with van der Waals surface area (Å²) in [7, 11) is 0. The van der Waals surface area contributed by atoms with Crippen LogP contribution in [0.25, 0.3) is 0 Å². The molecule has 1 saturated carbocycles. The van der Waals surface area contributed by atoms with Crippen molar-refractivity contribution in [2.24, 2.45) is 5.41 Å². The van der Waals surface area contributed by atoms with Crippen LogP contribution in [0.5, 0.6) is 0 Å². The Balaban J connectivity index is 2.60. The fourth-order valence-corrected chi connectivity index (χ4v) is 2.75. The van der Waals surface area contributed by atoms with Crippen molar-refractivity contribution in [3.8, 4) is 6.07 Å². The maximum atomic E-state index is 9.48. The standard InChI is InChI=1S/C15H19N/c1-10-6-7-13(12(3)11(10)2)15(9-16)8-14(15,4)5/h6-7H,8H2,1-5H3. The Bertz CT molecular complexity index is 491. The lowest BCUT2D eigenvalue weighted by Gasteiger charge is -2.18. The van der Waals surface area contributed by atoms with Gasteiger partial charge in [0.2, 0.25) is 0 Å². The molecule has 2 rings (SSSR count). The molecule has 0 aliphatic heterocycles. The molecule has 1 aliphatic rings.